The third-order valence-corrected chi connectivity index (χ3v) is 7.51. The fourth-order valence-electron chi connectivity index (χ4n) is 5.25. The van der Waals surface area contributed by atoms with Crippen LogP contribution in [-0.2, 0) is 32.0 Å². The van der Waals surface area contributed by atoms with E-state index in [0.717, 1.165) is 16.5 Å². The number of carbonyl (C=O) groups is 4. The number of aromatic amines is 1. The van der Waals surface area contributed by atoms with E-state index in [-0.39, 0.29) is 24.0 Å². The predicted molar refractivity (Wildman–Crippen MR) is 153 cm³/mol. The number of aromatic nitrogens is 1. The number of nitrogens with one attached hydrogen (secondary N) is 3. The molecule has 41 heavy (non-hydrogen) atoms. The maximum absolute atomic E-state index is 13.5. The lowest BCUT2D eigenvalue weighted by Crippen LogP contribution is -2.57. The maximum atomic E-state index is 13.5. The number of benzene rings is 2. The van der Waals surface area contributed by atoms with E-state index < -0.39 is 42.0 Å². The van der Waals surface area contributed by atoms with E-state index in [1.54, 1.807) is 26.0 Å². The summed E-state index contributed by atoms with van der Waals surface area (Å²) in [6.45, 7) is 3.71. The Balaban J connectivity index is 1.48. The van der Waals surface area contributed by atoms with Crippen LogP contribution in [0.25, 0.3) is 10.9 Å². The molecule has 7 N–H and O–H groups in total. The van der Waals surface area contributed by atoms with Crippen LogP contribution < -0.4 is 16.4 Å². The molecule has 0 aliphatic carbocycles. The summed E-state index contributed by atoms with van der Waals surface area (Å²) in [6, 6.07) is 9.98. The van der Waals surface area contributed by atoms with Gasteiger partial charge < -0.3 is 36.5 Å². The number of carboxylic acid groups (broad SMARTS) is 1. The number of nitrogens with zero attached hydrogens (tertiary/aromatic N) is 1. The molecule has 0 saturated carbocycles. The minimum atomic E-state index is -1.18. The van der Waals surface area contributed by atoms with Crippen molar-refractivity contribution in [2.45, 2.75) is 63.7 Å². The number of hydrogen-bond acceptors (Lipinski definition) is 6. The van der Waals surface area contributed by atoms with Crippen molar-refractivity contribution >= 4 is 34.6 Å². The minimum absolute atomic E-state index is 0.0496. The molecule has 11 nitrogen and oxygen atoms in total. The molecule has 1 fully saturated rings. The molecule has 1 aromatic heterocycles. The van der Waals surface area contributed by atoms with Gasteiger partial charge in [0.1, 0.15) is 23.9 Å². The van der Waals surface area contributed by atoms with Crippen molar-refractivity contribution in [1.29, 1.82) is 0 Å². The molecule has 3 aromatic rings. The summed E-state index contributed by atoms with van der Waals surface area (Å²) in [6.07, 6.45) is 3.20. The second-order valence-electron chi connectivity index (χ2n) is 10.9. The van der Waals surface area contributed by atoms with Crippen LogP contribution in [0.15, 0.2) is 54.7 Å². The zero-order valence-corrected chi connectivity index (χ0v) is 23.2. The molecule has 2 heterocycles. The van der Waals surface area contributed by atoms with Gasteiger partial charge in [0.05, 0.1) is 6.04 Å². The van der Waals surface area contributed by atoms with Crippen LogP contribution in [0.4, 0.5) is 0 Å². The first kappa shape index (κ1) is 29.6. The Labute approximate surface area is 238 Å². The number of para-hydroxylation sites is 1. The zero-order valence-electron chi connectivity index (χ0n) is 23.2. The highest BCUT2D eigenvalue weighted by molar-refractivity contribution is 5.95. The lowest BCUT2D eigenvalue weighted by Gasteiger charge is -2.29. The molecule has 218 valence electrons. The van der Waals surface area contributed by atoms with Crippen LogP contribution >= 0.6 is 0 Å². The molecule has 0 spiro atoms. The first-order chi connectivity index (χ1) is 19.5. The van der Waals surface area contributed by atoms with Gasteiger partial charge >= 0.3 is 5.97 Å². The van der Waals surface area contributed by atoms with Crippen LogP contribution in [0.2, 0.25) is 0 Å². The van der Waals surface area contributed by atoms with Crippen molar-refractivity contribution in [3.8, 4) is 5.75 Å². The van der Waals surface area contributed by atoms with E-state index in [4.69, 9.17) is 5.73 Å². The molecule has 4 unspecified atom stereocenters. The summed E-state index contributed by atoms with van der Waals surface area (Å²) in [4.78, 5) is 56.5. The van der Waals surface area contributed by atoms with Crippen LogP contribution in [0.5, 0.6) is 5.75 Å². The van der Waals surface area contributed by atoms with Crippen molar-refractivity contribution < 1.29 is 29.4 Å². The van der Waals surface area contributed by atoms with Gasteiger partial charge in [-0.15, -0.1) is 0 Å². The molecule has 0 radical (unpaired) electrons. The third-order valence-electron chi connectivity index (χ3n) is 7.51. The number of phenols is 1. The van der Waals surface area contributed by atoms with Crippen LogP contribution in [0.3, 0.4) is 0 Å². The summed E-state index contributed by atoms with van der Waals surface area (Å²) in [5, 5.41) is 25.4. The number of carboxylic acids is 1. The fraction of sp³-hybridized carbons (Fsp3) is 0.400. The molecule has 2 aromatic carbocycles. The van der Waals surface area contributed by atoms with Gasteiger partial charge in [-0.2, -0.15) is 0 Å². The SMILES string of the molecule is CC(C)C(NC(=O)C(Cc1ccc(O)cc1)NC(=O)C1CCCN1C(=O)C(N)Cc1c[nH]c2ccccc12)C(=O)O. The van der Waals surface area contributed by atoms with Gasteiger partial charge in [-0.25, -0.2) is 4.79 Å². The van der Waals surface area contributed by atoms with Crippen molar-refractivity contribution in [3.05, 3.63) is 65.9 Å². The van der Waals surface area contributed by atoms with Crippen LogP contribution in [-0.4, -0.2) is 74.5 Å². The van der Waals surface area contributed by atoms with Crippen LogP contribution in [0, 0.1) is 5.92 Å². The smallest absolute Gasteiger partial charge is 0.326 e. The molecule has 1 aliphatic rings. The van der Waals surface area contributed by atoms with E-state index in [0.29, 0.717) is 31.4 Å². The summed E-state index contributed by atoms with van der Waals surface area (Å²) in [5.74, 6) is -3.03. The average molecular weight is 564 g/mol. The monoisotopic (exact) mass is 563 g/mol. The minimum Gasteiger partial charge on any atom is -0.508 e. The van der Waals surface area contributed by atoms with Gasteiger partial charge in [0.2, 0.25) is 17.7 Å². The zero-order chi connectivity index (χ0) is 29.7. The number of rotatable bonds is 11. The molecule has 1 aliphatic heterocycles. The quantitative estimate of drug-likeness (QED) is 0.205. The summed E-state index contributed by atoms with van der Waals surface area (Å²) >= 11 is 0. The highest BCUT2D eigenvalue weighted by Gasteiger charge is 2.38. The summed E-state index contributed by atoms with van der Waals surface area (Å²) < 4.78 is 0. The molecule has 11 heteroatoms. The molecular formula is C30H37N5O6. The number of H-pyrrole nitrogens is 1. The Bertz CT molecular complexity index is 1400. The summed E-state index contributed by atoms with van der Waals surface area (Å²) in [7, 11) is 0. The van der Waals surface area contributed by atoms with E-state index in [1.807, 2.05) is 30.5 Å². The molecule has 0 bridgehead atoms. The second kappa shape index (κ2) is 12.9. The molecule has 4 rings (SSSR count). The first-order valence-electron chi connectivity index (χ1n) is 13.8. The van der Waals surface area contributed by atoms with Crippen molar-refractivity contribution in [3.63, 3.8) is 0 Å². The highest BCUT2D eigenvalue weighted by Crippen LogP contribution is 2.22. The number of phenolic OH excluding ortho intramolecular Hbond substituents is 1. The van der Waals surface area contributed by atoms with Crippen molar-refractivity contribution in [1.82, 2.24) is 20.5 Å². The topological polar surface area (TPSA) is 178 Å². The predicted octanol–water partition coefficient (Wildman–Crippen LogP) is 1.69. The van der Waals surface area contributed by atoms with E-state index in [2.05, 4.69) is 15.6 Å². The first-order valence-corrected chi connectivity index (χ1v) is 13.8. The van der Waals surface area contributed by atoms with Gasteiger partial charge in [0, 0.05) is 30.1 Å². The Morgan fingerprint density at radius 1 is 1.05 bits per heavy atom. The molecule has 1 saturated heterocycles. The Hall–Kier alpha value is -4.38. The van der Waals surface area contributed by atoms with E-state index in [9.17, 15) is 29.4 Å². The van der Waals surface area contributed by atoms with Gasteiger partial charge in [0.25, 0.3) is 0 Å². The number of likely N-dealkylation sites (tertiary alicyclic amines) is 1. The third kappa shape index (κ3) is 7.04. The Morgan fingerprint density at radius 3 is 2.44 bits per heavy atom. The van der Waals surface area contributed by atoms with E-state index >= 15 is 0 Å². The number of fused-ring (bicyclic) bond motifs is 1. The largest absolute Gasteiger partial charge is 0.508 e. The molecular weight excluding hydrogens is 526 g/mol. The molecule has 4 atom stereocenters. The van der Waals surface area contributed by atoms with Crippen molar-refractivity contribution in [2.24, 2.45) is 11.7 Å². The number of hydrogen-bond donors (Lipinski definition) is 6. The standard InChI is InChI=1S/C30H37N5O6/c1-17(2)26(30(40)41)34-27(37)24(14-18-9-11-20(36)12-10-18)33-28(38)25-8-5-13-35(25)29(39)22(31)15-19-16-32-23-7-4-3-6-21(19)23/h3-4,6-7,9-12,16-17,22,24-26,32,36H,5,8,13-15,31H2,1-2H3,(H,33,38)(H,34,37)(H,40,41). The maximum Gasteiger partial charge on any atom is 0.326 e. The van der Waals surface area contributed by atoms with Gasteiger partial charge in [-0.05, 0) is 54.5 Å². The average Bonchev–Trinajstić information content (AvgIpc) is 3.59. The normalized spacial score (nSPS) is 17.3. The number of carbonyl (C=O) groups excluding carboxylic acids is 3. The summed E-state index contributed by atoms with van der Waals surface area (Å²) in [5.41, 5.74) is 8.85. The number of aromatic hydroxyl groups is 1. The van der Waals surface area contributed by atoms with Gasteiger partial charge in [-0.3, -0.25) is 14.4 Å². The highest BCUT2D eigenvalue weighted by atomic mass is 16.4. The van der Waals surface area contributed by atoms with E-state index in [1.165, 1.54) is 17.0 Å². The van der Waals surface area contributed by atoms with Gasteiger partial charge in [-0.1, -0.05) is 44.2 Å². The number of aliphatic carboxylic acids is 1. The lowest BCUT2D eigenvalue weighted by molar-refractivity contribution is -0.144. The van der Waals surface area contributed by atoms with Crippen molar-refractivity contribution in [2.75, 3.05) is 6.54 Å². The Morgan fingerprint density at radius 2 is 1.76 bits per heavy atom. The second-order valence-corrected chi connectivity index (χ2v) is 10.9. The van der Waals surface area contributed by atoms with Gasteiger partial charge in [0.15, 0.2) is 0 Å². The number of nitrogens with two attached hydrogens (primary N) is 1. The lowest BCUT2D eigenvalue weighted by atomic mass is 10.0. The fourth-order valence-corrected chi connectivity index (χ4v) is 5.25. The molecule has 3 amide bonds. The Kier molecular flexibility index (Phi) is 9.28. The number of amides is 3. The van der Waals surface area contributed by atoms with Crippen LogP contribution in [0.1, 0.15) is 37.8 Å².